The van der Waals surface area contributed by atoms with Gasteiger partial charge in [0.25, 0.3) is 0 Å². The molecule has 82 valence electrons. The largest absolute Gasteiger partial charge is 0.348 e. The molecule has 7 heteroatoms. The van der Waals surface area contributed by atoms with E-state index in [4.69, 9.17) is 0 Å². The van der Waals surface area contributed by atoms with Crippen molar-refractivity contribution < 1.29 is 4.79 Å². The molecular weight excluding hydrogens is 208 g/mol. The van der Waals surface area contributed by atoms with Crippen molar-refractivity contribution in [1.29, 1.82) is 0 Å². The van der Waals surface area contributed by atoms with Crippen LogP contribution in [-0.2, 0) is 17.8 Å². The molecule has 0 aliphatic rings. The second kappa shape index (κ2) is 4.96. The van der Waals surface area contributed by atoms with Crippen LogP contribution in [0.5, 0.6) is 0 Å². The maximum Gasteiger partial charge on any atom is 0.224 e. The molecule has 0 radical (unpaired) electrons. The van der Waals surface area contributed by atoms with Crippen molar-refractivity contribution in [2.24, 2.45) is 0 Å². The van der Waals surface area contributed by atoms with Gasteiger partial charge in [0.2, 0.25) is 5.91 Å². The number of H-pyrrole nitrogens is 1. The molecule has 16 heavy (non-hydrogen) atoms. The van der Waals surface area contributed by atoms with Crippen LogP contribution in [0.1, 0.15) is 11.4 Å². The average molecular weight is 218 g/mol. The third-order valence-electron chi connectivity index (χ3n) is 1.92. The Kier molecular flexibility index (Phi) is 3.17. The molecule has 2 aromatic rings. The molecule has 0 atom stereocenters. The van der Waals surface area contributed by atoms with Crippen LogP contribution in [0.4, 0.5) is 0 Å². The Balaban J connectivity index is 1.81. The lowest BCUT2D eigenvalue weighted by molar-refractivity contribution is -0.120. The maximum absolute atomic E-state index is 11.5. The summed E-state index contributed by atoms with van der Waals surface area (Å²) in [5.74, 6) is 0.359. The van der Waals surface area contributed by atoms with E-state index in [1.54, 1.807) is 18.5 Å². The minimum absolute atomic E-state index is 0.0993. The van der Waals surface area contributed by atoms with Crippen LogP contribution in [0.2, 0.25) is 0 Å². The van der Waals surface area contributed by atoms with Crippen molar-refractivity contribution in [3.05, 3.63) is 35.9 Å². The molecule has 0 saturated heterocycles. The molecule has 2 heterocycles. The zero-order chi connectivity index (χ0) is 11.2. The van der Waals surface area contributed by atoms with E-state index in [-0.39, 0.29) is 12.5 Å². The van der Waals surface area contributed by atoms with E-state index in [2.05, 4.69) is 30.9 Å². The van der Waals surface area contributed by atoms with Gasteiger partial charge in [-0.3, -0.25) is 9.78 Å². The zero-order valence-electron chi connectivity index (χ0n) is 8.42. The summed E-state index contributed by atoms with van der Waals surface area (Å²) in [7, 11) is 0. The molecule has 0 saturated carbocycles. The minimum Gasteiger partial charge on any atom is -0.348 e. The van der Waals surface area contributed by atoms with Crippen molar-refractivity contribution >= 4 is 5.91 Å². The Morgan fingerprint density at radius 2 is 2.44 bits per heavy atom. The number of hydrogen-bond acceptors (Lipinski definition) is 5. The number of amides is 1. The quantitative estimate of drug-likeness (QED) is 0.718. The summed E-state index contributed by atoms with van der Waals surface area (Å²) >= 11 is 0. The van der Waals surface area contributed by atoms with Gasteiger partial charge in [0.05, 0.1) is 13.0 Å². The molecule has 2 rings (SSSR count). The van der Waals surface area contributed by atoms with Crippen molar-refractivity contribution in [2.45, 2.75) is 13.0 Å². The van der Waals surface area contributed by atoms with Crippen LogP contribution in [0.25, 0.3) is 0 Å². The number of aromatic nitrogens is 5. The van der Waals surface area contributed by atoms with E-state index in [0.29, 0.717) is 12.2 Å². The van der Waals surface area contributed by atoms with Crippen molar-refractivity contribution in [3.63, 3.8) is 0 Å². The minimum atomic E-state index is -0.0993. The van der Waals surface area contributed by atoms with Crippen LogP contribution in [0, 0.1) is 0 Å². The van der Waals surface area contributed by atoms with Gasteiger partial charge in [0, 0.05) is 12.4 Å². The van der Waals surface area contributed by atoms with E-state index in [1.165, 1.54) is 0 Å². The fraction of sp³-hybridized carbons (Fsp3) is 0.222. The van der Waals surface area contributed by atoms with Gasteiger partial charge in [-0.2, -0.15) is 5.21 Å². The van der Waals surface area contributed by atoms with Gasteiger partial charge >= 0.3 is 0 Å². The van der Waals surface area contributed by atoms with Gasteiger partial charge in [0.1, 0.15) is 0 Å². The summed E-state index contributed by atoms with van der Waals surface area (Å²) in [5, 5.41) is 15.8. The summed E-state index contributed by atoms with van der Waals surface area (Å²) in [4.78, 5) is 15.4. The van der Waals surface area contributed by atoms with E-state index in [0.717, 1.165) is 5.56 Å². The summed E-state index contributed by atoms with van der Waals surface area (Å²) < 4.78 is 0. The highest BCUT2D eigenvalue weighted by Crippen LogP contribution is 1.96. The second-order valence-corrected chi connectivity index (χ2v) is 3.14. The average Bonchev–Trinajstić information content (AvgIpc) is 2.81. The lowest BCUT2D eigenvalue weighted by Crippen LogP contribution is -2.25. The first-order valence-corrected chi connectivity index (χ1v) is 4.72. The van der Waals surface area contributed by atoms with Crippen LogP contribution in [0.15, 0.2) is 24.5 Å². The molecule has 0 aliphatic heterocycles. The summed E-state index contributed by atoms with van der Waals surface area (Å²) in [6.45, 7) is 0.273. The fourth-order valence-electron chi connectivity index (χ4n) is 1.19. The van der Waals surface area contributed by atoms with Crippen LogP contribution < -0.4 is 5.32 Å². The third kappa shape index (κ3) is 2.84. The standard InChI is InChI=1S/C9H10N6O/c16-9(4-7-2-1-3-10-5-7)11-6-8-12-14-15-13-8/h1-3,5H,4,6H2,(H,11,16)(H,12,13,14,15). The highest BCUT2D eigenvalue weighted by atomic mass is 16.1. The maximum atomic E-state index is 11.5. The van der Waals surface area contributed by atoms with E-state index >= 15 is 0 Å². The monoisotopic (exact) mass is 218 g/mol. The fourth-order valence-corrected chi connectivity index (χ4v) is 1.19. The molecule has 0 aliphatic carbocycles. The van der Waals surface area contributed by atoms with E-state index in [9.17, 15) is 4.79 Å². The summed E-state index contributed by atoms with van der Waals surface area (Å²) in [6.07, 6.45) is 3.63. The lowest BCUT2D eigenvalue weighted by Gasteiger charge is -2.01. The predicted octanol–water partition coefficient (Wildman–Crippen LogP) is -0.546. The summed E-state index contributed by atoms with van der Waals surface area (Å²) in [6, 6.07) is 3.64. The second-order valence-electron chi connectivity index (χ2n) is 3.14. The van der Waals surface area contributed by atoms with E-state index < -0.39 is 0 Å². The van der Waals surface area contributed by atoms with E-state index in [1.807, 2.05) is 6.07 Å². The third-order valence-corrected chi connectivity index (χ3v) is 1.92. The number of rotatable bonds is 4. The number of carbonyl (C=O) groups excluding carboxylic acids is 1. The normalized spacial score (nSPS) is 10.0. The molecule has 7 nitrogen and oxygen atoms in total. The first-order valence-electron chi connectivity index (χ1n) is 4.72. The molecule has 0 aromatic carbocycles. The highest BCUT2D eigenvalue weighted by Gasteiger charge is 2.04. The number of nitrogens with one attached hydrogen (secondary N) is 2. The number of hydrogen-bond donors (Lipinski definition) is 2. The van der Waals surface area contributed by atoms with Gasteiger partial charge in [0.15, 0.2) is 5.82 Å². The smallest absolute Gasteiger partial charge is 0.224 e. The topological polar surface area (TPSA) is 96.5 Å². The molecule has 0 bridgehead atoms. The first kappa shape index (κ1) is 10.2. The zero-order valence-corrected chi connectivity index (χ0v) is 8.42. The number of tetrazole rings is 1. The molecule has 0 fully saturated rings. The van der Waals surface area contributed by atoms with Crippen molar-refractivity contribution in [3.8, 4) is 0 Å². The number of aromatic amines is 1. The van der Waals surface area contributed by atoms with Crippen molar-refractivity contribution in [2.75, 3.05) is 0 Å². The Hall–Kier alpha value is -2.31. The van der Waals surface area contributed by atoms with Crippen LogP contribution in [-0.4, -0.2) is 31.5 Å². The molecule has 2 N–H and O–H groups in total. The van der Waals surface area contributed by atoms with Crippen LogP contribution in [0.3, 0.4) is 0 Å². The van der Waals surface area contributed by atoms with Gasteiger partial charge in [-0.15, -0.1) is 10.2 Å². The Bertz CT molecular complexity index is 440. The van der Waals surface area contributed by atoms with Crippen molar-refractivity contribution in [1.82, 2.24) is 30.9 Å². The molecule has 0 unspecified atom stereocenters. The van der Waals surface area contributed by atoms with Crippen LogP contribution >= 0.6 is 0 Å². The Morgan fingerprint density at radius 3 is 3.12 bits per heavy atom. The molecule has 0 spiro atoms. The predicted molar refractivity (Wildman–Crippen MR) is 54.0 cm³/mol. The SMILES string of the molecule is O=C(Cc1cccnc1)NCc1nn[nH]n1. The number of nitrogens with zero attached hydrogens (tertiary/aromatic N) is 4. The van der Waals surface area contributed by atoms with Gasteiger partial charge in [-0.05, 0) is 11.6 Å². The number of pyridine rings is 1. The lowest BCUT2D eigenvalue weighted by atomic mass is 10.2. The highest BCUT2D eigenvalue weighted by molar-refractivity contribution is 5.78. The molecule has 1 amide bonds. The molecular formula is C9H10N6O. The first-order chi connectivity index (χ1) is 7.84. The van der Waals surface area contributed by atoms with Gasteiger partial charge in [-0.1, -0.05) is 11.3 Å². The molecule has 2 aromatic heterocycles. The van der Waals surface area contributed by atoms with Gasteiger partial charge < -0.3 is 5.32 Å². The van der Waals surface area contributed by atoms with Gasteiger partial charge in [-0.25, -0.2) is 0 Å². The Labute approximate surface area is 91.3 Å². The number of carbonyl (C=O) groups is 1. The Morgan fingerprint density at radius 1 is 1.50 bits per heavy atom. The summed E-state index contributed by atoms with van der Waals surface area (Å²) in [5.41, 5.74) is 0.869.